The van der Waals surface area contributed by atoms with E-state index >= 15 is 0 Å². The number of aryl methyl sites for hydroxylation is 2. The van der Waals surface area contributed by atoms with E-state index in [2.05, 4.69) is 4.98 Å². The number of halogens is 1. The summed E-state index contributed by atoms with van der Waals surface area (Å²) in [6, 6.07) is 6.32. The zero-order valence-electron chi connectivity index (χ0n) is 14.0. The fourth-order valence-corrected chi connectivity index (χ4v) is 4.28. The average Bonchev–Trinajstić information content (AvgIpc) is 2.88. The van der Waals surface area contributed by atoms with E-state index in [0.29, 0.717) is 27.5 Å². The van der Waals surface area contributed by atoms with Crippen LogP contribution in [-0.2, 0) is 4.79 Å². The molecule has 1 atom stereocenters. The van der Waals surface area contributed by atoms with Gasteiger partial charge in [0.05, 0.1) is 5.39 Å². The number of nitrogens with zero attached hydrogens (tertiary/aromatic N) is 2. The van der Waals surface area contributed by atoms with Crippen LogP contribution in [0.1, 0.15) is 30.1 Å². The molecule has 130 valence electrons. The molecule has 3 rings (SSSR count). The maximum atomic E-state index is 13.2. The number of fused-ring (bicyclic) bond motifs is 1. The van der Waals surface area contributed by atoms with E-state index in [1.54, 1.807) is 26.0 Å². The lowest BCUT2D eigenvalue weighted by molar-refractivity contribution is -0.141. The molecule has 0 bridgehead atoms. The summed E-state index contributed by atoms with van der Waals surface area (Å²) in [4.78, 5) is 30.8. The highest BCUT2D eigenvalue weighted by Gasteiger charge is 2.25. The van der Waals surface area contributed by atoms with Crippen LogP contribution in [0.2, 0.25) is 5.02 Å². The van der Waals surface area contributed by atoms with Gasteiger partial charge < -0.3 is 5.11 Å². The van der Waals surface area contributed by atoms with Crippen LogP contribution < -0.4 is 5.56 Å². The molecule has 0 aliphatic rings. The summed E-state index contributed by atoms with van der Waals surface area (Å²) < 4.78 is 1.29. The van der Waals surface area contributed by atoms with Gasteiger partial charge in [0.15, 0.2) is 0 Å². The summed E-state index contributed by atoms with van der Waals surface area (Å²) in [5.41, 5.74) is 1.35. The third kappa shape index (κ3) is 2.96. The lowest BCUT2D eigenvalue weighted by atomic mass is 10.0. The molecule has 1 aromatic carbocycles. The number of hydrogen-bond donors (Lipinski definition) is 1. The fraction of sp³-hybridized carbons (Fsp3) is 0.278. The molecule has 1 N–H and O–H groups in total. The summed E-state index contributed by atoms with van der Waals surface area (Å²) in [6.07, 6.45) is 0.308. The van der Waals surface area contributed by atoms with Gasteiger partial charge in [-0.15, -0.1) is 11.3 Å². The molecule has 0 spiro atoms. The summed E-state index contributed by atoms with van der Waals surface area (Å²) in [6.45, 7) is 5.35. The maximum absolute atomic E-state index is 13.2. The number of aromatic nitrogens is 2. The Morgan fingerprint density at radius 2 is 1.96 bits per heavy atom. The number of hydrogen-bond acceptors (Lipinski definition) is 4. The Morgan fingerprint density at radius 1 is 1.32 bits per heavy atom. The second kappa shape index (κ2) is 6.61. The van der Waals surface area contributed by atoms with E-state index in [1.165, 1.54) is 15.9 Å². The van der Waals surface area contributed by atoms with E-state index < -0.39 is 12.0 Å². The highest BCUT2D eigenvalue weighted by molar-refractivity contribution is 7.19. The molecule has 0 radical (unpaired) electrons. The standard InChI is InChI=1S/C18H17ClN2O3S/c1-4-13(18(23)24)21-10(3)20-16-15(17(21)22)14(9(2)25-16)11-5-7-12(19)8-6-11/h5-8,13H,4H2,1-3H3,(H,23,24). The Labute approximate surface area is 153 Å². The number of benzene rings is 1. The van der Waals surface area contributed by atoms with Gasteiger partial charge in [0, 0.05) is 15.5 Å². The van der Waals surface area contributed by atoms with Crippen molar-refractivity contribution >= 4 is 39.1 Å². The van der Waals surface area contributed by atoms with Crippen LogP contribution in [0, 0.1) is 13.8 Å². The summed E-state index contributed by atoms with van der Waals surface area (Å²) in [5.74, 6) is -0.621. The van der Waals surface area contributed by atoms with E-state index in [9.17, 15) is 14.7 Å². The molecular weight excluding hydrogens is 360 g/mol. The van der Waals surface area contributed by atoms with Crippen molar-refractivity contribution in [2.75, 3.05) is 0 Å². The van der Waals surface area contributed by atoms with E-state index in [1.807, 2.05) is 19.1 Å². The predicted molar refractivity (Wildman–Crippen MR) is 101 cm³/mol. The van der Waals surface area contributed by atoms with Crippen molar-refractivity contribution in [1.82, 2.24) is 9.55 Å². The van der Waals surface area contributed by atoms with Crippen LogP contribution in [0.25, 0.3) is 21.3 Å². The van der Waals surface area contributed by atoms with Crippen molar-refractivity contribution in [1.29, 1.82) is 0 Å². The van der Waals surface area contributed by atoms with Crippen molar-refractivity contribution in [3.05, 3.63) is 50.3 Å². The van der Waals surface area contributed by atoms with Crippen LogP contribution in [-0.4, -0.2) is 20.6 Å². The van der Waals surface area contributed by atoms with Gasteiger partial charge in [-0.25, -0.2) is 9.78 Å². The van der Waals surface area contributed by atoms with Crippen molar-refractivity contribution in [2.45, 2.75) is 33.2 Å². The molecule has 0 fully saturated rings. The van der Waals surface area contributed by atoms with Gasteiger partial charge >= 0.3 is 5.97 Å². The van der Waals surface area contributed by atoms with Crippen LogP contribution in [0.4, 0.5) is 0 Å². The first-order chi connectivity index (χ1) is 11.8. The second-order valence-electron chi connectivity index (χ2n) is 5.82. The Balaban J connectivity index is 2.37. The molecule has 0 saturated carbocycles. The molecule has 7 heteroatoms. The van der Waals surface area contributed by atoms with Crippen molar-refractivity contribution in [3.8, 4) is 11.1 Å². The first-order valence-electron chi connectivity index (χ1n) is 7.86. The van der Waals surface area contributed by atoms with Gasteiger partial charge in [-0.2, -0.15) is 0 Å². The Hall–Kier alpha value is -2.18. The molecule has 2 aromatic heterocycles. The molecule has 25 heavy (non-hydrogen) atoms. The van der Waals surface area contributed by atoms with Gasteiger partial charge in [-0.3, -0.25) is 9.36 Å². The Kier molecular flexibility index (Phi) is 4.67. The minimum Gasteiger partial charge on any atom is -0.480 e. The molecule has 0 amide bonds. The molecule has 0 saturated heterocycles. The SMILES string of the molecule is CCC(C(=O)O)n1c(C)nc2sc(C)c(-c3ccc(Cl)cc3)c2c1=O. The summed E-state index contributed by atoms with van der Waals surface area (Å²) >= 11 is 7.40. The lowest BCUT2D eigenvalue weighted by Crippen LogP contribution is -2.32. The van der Waals surface area contributed by atoms with Gasteiger partial charge in [0.2, 0.25) is 0 Å². The zero-order valence-corrected chi connectivity index (χ0v) is 15.6. The first kappa shape index (κ1) is 17.6. The maximum Gasteiger partial charge on any atom is 0.326 e. The minimum absolute atomic E-state index is 0.308. The van der Waals surface area contributed by atoms with Gasteiger partial charge in [0.1, 0.15) is 16.7 Å². The molecular formula is C18H17ClN2O3S. The molecule has 1 unspecified atom stereocenters. The van der Waals surface area contributed by atoms with Gasteiger partial charge in [-0.05, 0) is 38.0 Å². The number of carbonyl (C=O) groups is 1. The van der Waals surface area contributed by atoms with Crippen molar-refractivity contribution < 1.29 is 9.90 Å². The number of carboxylic acid groups (broad SMARTS) is 1. The van der Waals surface area contributed by atoms with E-state index in [4.69, 9.17) is 11.6 Å². The summed E-state index contributed by atoms with van der Waals surface area (Å²) in [7, 11) is 0. The van der Waals surface area contributed by atoms with Crippen LogP contribution in [0.5, 0.6) is 0 Å². The Morgan fingerprint density at radius 3 is 2.52 bits per heavy atom. The lowest BCUT2D eigenvalue weighted by Gasteiger charge is -2.16. The van der Waals surface area contributed by atoms with E-state index in [-0.39, 0.29) is 5.56 Å². The monoisotopic (exact) mass is 376 g/mol. The average molecular weight is 377 g/mol. The molecule has 2 heterocycles. The van der Waals surface area contributed by atoms with Crippen LogP contribution in [0.15, 0.2) is 29.1 Å². The largest absolute Gasteiger partial charge is 0.480 e. The Bertz CT molecular complexity index is 1020. The van der Waals surface area contributed by atoms with Crippen LogP contribution in [0.3, 0.4) is 0 Å². The predicted octanol–water partition coefficient (Wildman–Crippen LogP) is 4.43. The molecule has 5 nitrogen and oxygen atoms in total. The number of aliphatic carboxylic acids is 1. The van der Waals surface area contributed by atoms with Crippen molar-refractivity contribution in [2.24, 2.45) is 0 Å². The van der Waals surface area contributed by atoms with Gasteiger partial charge in [-0.1, -0.05) is 30.7 Å². The minimum atomic E-state index is -1.03. The highest BCUT2D eigenvalue weighted by Crippen LogP contribution is 2.36. The second-order valence-corrected chi connectivity index (χ2v) is 7.46. The quantitative estimate of drug-likeness (QED) is 0.731. The highest BCUT2D eigenvalue weighted by atomic mass is 35.5. The third-order valence-electron chi connectivity index (χ3n) is 4.23. The fourth-order valence-electron chi connectivity index (χ4n) is 3.07. The number of carboxylic acids is 1. The molecule has 0 aliphatic carbocycles. The smallest absolute Gasteiger partial charge is 0.326 e. The third-order valence-corrected chi connectivity index (χ3v) is 5.48. The topological polar surface area (TPSA) is 72.2 Å². The first-order valence-corrected chi connectivity index (χ1v) is 9.05. The molecule has 3 aromatic rings. The summed E-state index contributed by atoms with van der Waals surface area (Å²) in [5, 5.41) is 10.6. The number of rotatable bonds is 4. The van der Waals surface area contributed by atoms with Crippen LogP contribution >= 0.6 is 22.9 Å². The van der Waals surface area contributed by atoms with Crippen molar-refractivity contribution in [3.63, 3.8) is 0 Å². The van der Waals surface area contributed by atoms with E-state index in [0.717, 1.165) is 16.0 Å². The number of thiophene rings is 1. The normalized spacial score (nSPS) is 12.5. The zero-order chi connectivity index (χ0) is 18.3. The van der Waals surface area contributed by atoms with Gasteiger partial charge in [0.25, 0.3) is 5.56 Å². The molecule has 0 aliphatic heterocycles.